The fraction of sp³-hybridized carbons (Fsp3) is 0.200. The van der Waals surface area contributed by atoms with Gasteiger partial charge >= 0.3 is 0 Å². The lowest BCUT2D eigenvalue weighted by atomic mass is 10.4. The lowest BCUT2D eigenvalue weighted by molar-refractivity contribution is 0.413. The Morgan fingerprint density at radius 3 is 2.82 bits per heavy atom. The van der Waals surface area contributed by atoms with Gasteiger partial charge in [0.15, 0.2) is 16.7 Å². The molecule has 2 aromatic rings. The monoisotopic (exact) mass is 289 g/mol. The Kier molecular flexibility index (Phi) is 4.04. The van der Waals surface area contributed by atoms with Gasteiger partial charge in [-0.05, 0) is 12.1 Å². The summed E-state index contributed by atoms with van der Waals surface area (Å²) in [5, 5.41) is 3.41. The third-order valence-corrected chi connectivity index (χ3v) is 3.52. The molecule has 17 heavy (non-hydrogen) atoms. The van der Waals surface area contributed by atoms with E-state index in [1.807, 2.05) is 12.1 Å². The van der Waals surface area contributed by atoms with E-state index >= 15 is 0 Å². The largest absolute Gasteiger partial charge is 0.490 e. The van der Waals surface area contributed by atoms with Crippen molar-refractivity contribution in [2.45, 2.75) is 6.54 Å². The molecule has 0 saturated carbocycles. The molecular weight excluding hydrogens is 281 g/mol. The number of anilines is 1. The van der Waals surface area contributed by atoms with E-state index in [1.54, 1.807) is 0 Å². The van der Waals surface area contributed by atoms with Crippen molar-refractivity contribution in [2.75, 3.05) is 12.4 Å². The highest BCUT2D eigenvalue weighted by Crippen LogP contribution is 2.29. The minimum Gasteiger partial charge on any atom is -0.490 e. The summed E-state index contributed by atoms with van der Waals surface area (Å²) in [6, 6.07) is 3.81. The maximum absolute atomic E-state index is 5.88. The average Bonchev–Trinajstić information content (AvgIpc) is 2.72. The van der Waals surface area contributed by atoms with Gasteiger partial charge in [-0.3, -0.25) is 0 Å². The van der Waals surface area contributed by atoms with Crippen molar-refractivity contribution in [2.24, 2.45) is 0 Å². The van der Waals surface area contributed by atoms with E-state index < -0.39 is 0 Å². The summed E-state index contributed by atoms with van der Waals surface area (Å²) in [7, 11) is 1.53. The van der Waals surface area contributed by atoms with E-state index in [4.69, 9.17) is 27.9 Å². The third kappa shape index (κ3) is 3.00. The first-order chi connectivity index (χ1) is 8.20. The summed E-state index contributed by atoms with van der Waals surface area (Å²) in [4.78, 5) is 9.02. The summed E-state index contributed by atoms with van der Waals surface area (Å²) in [5.74, 6) is 1.01. The van der Waals surface area contributed by atoms with E-state index in [-0.39, 0.29) is 5.15 Å². The average molecular weight is 290 g/mol. The Labute approximate surface area is 113 Å². The predicted octanol–water partition coefficient (Wildman–Crippen LogP) is 3.47. The van der Waals surface area contributed by atoms with Gasteiger partial charge in [0.25, 0.3) is 0 Å². The van der Waals surface area contributed by atoms with Crippen molar-refractivity contribution in [3.63, 3.8) is 0 Å². The molecule has 0 spiro atoms. The number of hydrogen-bond acceptors (Lipinski definition) is 5. The van der Waals surface area contributed by atoms with Crippen LogP contribution in [0.4, 0.5) is 5.82 Å². The van der Waals surface area contributed by atoms with Crippen LogP contribution in [0.5, 0.6) is 5.75 Å². The van der Waals surface area contributed by atoms with Crippen molar-refractivity contribution in [1.82, 2.24) is 9.97 Å². The molecule has 0 atom stereocenters. The fourth-order valence-corrected chi connectivity index (χ4v) is 2.51. The molecule has 0 fully saturated rings. The van der Waals surface area contributed by atoms with Crippen LogP contribution in [0.3, 0.4) is 0 Å². The third-order valence-electron chi connectivity index (χ3n) is 2.02. The van der Waals surface area contributed by atoms with Gasteiger partial charge in [0.05, 0.1) is 18.0 Å². The molecule has 0 aliphatic carbocycles. The quantitative estimate of drug-likeness (QED) is 0.876. The van der Waals surface area contributed by atoms with Crippen molar-refractivity contribution < 1.29 is 4.74 Å². The molecule has 0 bridgehead atoms. The number of ether oxygens (including phenoxy) is 1. The van der Waals surface area contributed by atoms with Gasteiger partial charge < -0.3 is 10.1 Å². The highest BCUT2D eigenvalue weighted by atomic mass is 35.5. The van der Waals surface area contributed by atoms with E-state index in [1.165, 1.54) is 24.8 Å². The second-order valence-corrected chi connectivity index (χ2v) is 5.26. The van der Waals surface area contributed by atoms with Crippen LogP contribution >= 0.6 is 34.5 Å². The van der Waals surface area contributed by atoms with Crippen molar-refractivity contribution in [1.29, 1.82) is 0 Å². The summed E-state index contributed by atoms with van der Waals surface area (Å²) < 4.78 is 5.89. The zero-order valence-corrected chi connectivity index (χ0v) is 11.2. The molecule has 0 aliphatic rings. The Balaban J connectivity index is 2.11. The number of nitrogens with zero attached hydrogens (tertiary/aromatic N) is 2. The van der Waals surface area contributed by atoms with Crippen LogP contribution in [-0.2, 0) is 6.54 Å². The summed E-state index contributed by atoms with van der Waals surface area (Å²) in [6.45, 7) is 0.612. The smallest absolute Gasteiger partial charge is 0.198 e. The molecule has 2 aromatic heterocycles. The molecule has 2 rings (SSSR count). The zero-order valence-electron chi connectivity index (χ0n) is 8.91. The fourth-order valence-electron chi connectivity index (χ4n) is 1.28. The molecule has 90 valence electrons. The molecular formula is C10H9Cl2N3OS. The summed E-state index contributed by atoms with van der Waals surface area (Å²) in [6.07, 6.45) is 1.38. The van der Waals surface area contributed by atoms with Gasteiger partial charge in [0, 0.05) is 4.88 Å². The molecule has 0 aromatic carbocycles. The van der Waals surface area contributed by atoms with Crippen LogP contribution in [-0.4, -0.2) is 17.1 Å². The number of thiophene rings is 1. The second kappa shape index (κ2) is 5.53. The topological polar surface area (TPSA) is 47.0 Å². The molecule has 0 amide bonds. The number of rotatable bonds is 4. The highest BCUT2D eigenvalue weighted by molar-refractivity contribution is 7.16. The van der Waals surface area contributed by atoms with Crippen LogP contribution in [0.25, 0.3) is 0 Å². The lowest BCUT2D eigenvalue weighted by Gasteiger charge is -2.09. The van der Waals surface area contributed by atoms with E-state index in [0.29, 0.717) is 18.1 Å². The minimum atomic E-state index is 0.286. The van der Waals surface area contributed by atoms with Gasteiger partial charge in [-0.1, -0.05) is 23.2 Å². The van der Waals surface area contributed by atoms with Crippen LogP contribution in [0, 0.1) is 0 Å². The van der Waals surface area contributed by atoms with Crippen molar-refractivity contribution in [3.05, 3.63) is 32.8 Å². The number of halogens is 2. The Morgan fingerprint density at radius 1 is 1.35 bits per heavy atom. The number of aromatic nitrogens is 2. The predicted molar refractivity (Wildman–Crippen MR) is 70.2 cm³/mol. The molecule has 1 N–H and O–H groups in total. The molecule has 0 unspecified atom stereocenters. The van der Waals surface area contributed by atoms with Gasteiger partial charge in [-0.15, -0.1) is 11.3 Å². The van der Waals surface area contributed by atoms with Gasteiger partial charge in [-0.2, -0.15) is 0 Å². The van der Waals surface area contributed by atoms with Crippen LogP contribution < -0.4 is 10.1 Å². The van der Waals surface area contributed by atoms with E-state index in [0.717, 1.165) is 9.21 Å². The van der Waals surface area contributed by atoms with Gasteiger partial charge in [-0.25, -0.2) is 9.97 Å². The van der Waals surface area contributed by atoms with Crippen LogP contribution in [0.2, 0.25) is 9.49 Å². The Hall–Kier alpha value is -1.04. The standard InChI is InChI=1S/C10H9Cl2N3OS/c1-16-8-9(12)14-5-15-10(8)13-4-6-2-3-7(11)17-6/h2-3,5H,4H2,1H3,(H,13,14,15). The molecule has 0 radical (unpaired) electrons. The molecule has 2 heterocycles. The first kappa shape index (κ1) is 12.4. The maximum Gasteiger partial charge on any atom is 0.198 e. The van der Waals surface area contributed by atoms with E-state index in [2.05, 4.69) is 15.3 Å². The van der Waals surface area contributed by atoms with Crippen LogP contribution in [0.15, 0.2) is 18.5 Å². The molecule has 4 nitrogen and oxygen atoms in total. The number of hydrogen-bond donors (Lipinski definition) is 1. The van der Waals surface area contributed by atoms with Crippen LogP contribution in [0.1, 0.15) is 4.88 Å². The number of nitrogens with one attached hydrogen (secondary N) is 1. The number of methoxy groups -OCH3 is 1. The minimum absolute atomic E-state index is 0.286. The normalized spacial score (nSPS) is 10.3. The van der Waals surface area contributed by atoms with Crippen molar-refractivity contribution >= 4 is 40.4 Å². The highest BCUT2D eigenvalue weighted by Gasteiger charge is 2.10. The van der Waals surface area contributed by atoms with Gasteiger partial charge in [0.2, 0.25) is 0 Å². The molecule has 0 aliphatic heterocycles. The first-order valence-electron chi connectivity index (χ1n) is 4.73. The molecule has 0 saturated heterocycles. The van der Waals surface area contributed by atoms with Crippen molar-refractivity contribution in [3.8, 4) is 5.75 Å². The summed E-state index contributed by atoms with van der Waals surface area (Å²) in [5.41, 5.74) is 0. The maximum atomic E-state index is 5.88. The first-order valence-corrected chi connectivity index (χ1v) is 6.30. The Morgan fingerprint density at radius 2 is 2.18 bits per heavy atom. The zero-order chi connectivity index (χ0) is 12.3. The van der Waals surface area contributed by atoms with E-state index in [9.17, 15) is 0 Å². The summed E-state index contributed by atoms with van der Waals surface area (Å²) >= 11 is 13.2. The second-order valence-electron chi connectivity index (χ2n) is 3.11. The lowest BCUT2D eigenvalue weighted by Crippen LogP contribution is -2.03. The molecule has 7 heteroatoms. The SMILES string of the molecule is COc1c(Cl)ncnc1NCc1ccc(Cl)s1. The Bertz CT molecular complexity index is 518. The van der Waals surface area contributed by atoms with Gasteiger partial charge in [0.1, 0.15) is 6.33 Å².